The maximum atomic E-state index is 12.2. The van der Waals surface area contributed by atoms with Gasteiger partial charge in [0.2, 0.25) is 5.91 Å². The highest BCUT2D eigenvalue weighted by atomic mass is 32.2. The summed E-state index contributed by atoms with van der Waals surface area (Å²) in [5, 5.41) is -0.187. The minimum atomic E-state index is -0.561. The smallest absolute Gasteiger partial charge is 0.325 e. The predicted molar refractivity (Wildman–Crippen MR) is 78.0 cm³/mol. The molecular weight excluding hydrogens is 276 g/mol. The molecule has 6 heteroatoms. The van der Waals surface area contributed by atoms with Gasteiger partial charge in [-0.25, -0.2) is 0 Å². The van der Waals surface area contributed by atoms with Crippen molar-refractivity contribution in [3.05, 3.63) is 35.9 Å². The minimum absolute atomic E-state index is 0.0626. The molecule has 1 heterocycles. The van der Waals surface area contributed by atoms with E-state index in [-0.39, 0.29) is 17.8 Å². The lowest BCUT2D eigenvalue weighted by Crippen LogP contribution is -2.51. The molecule has 0 aliphatic carbocycles. The number of hydrogen-bond donors (Lipinski definition) is 1. The van der Waals surface area contributed by atoms with E-state index in [0.717, 1.165) is 5.56 Å². The second kappa shape index (κ2) is 6.76. The van der Waals surface area contributed by atoms with E-state index in [1.807, 2.05) is 30.3 Å². The van der Waals surface area contributed by atoms with Gasteiger partial charge in [-0.2, -0.15) is 0 Å². The van der Waals surface area contributed by atoms with Gasteiger partial charge in [0.05, 0.1) is 12.6 Å². The number of carbonyl (C=O) groups is 2. The monoisotopic (exact) mass is 294 g/mol. The summed E-state index contributed by atoms with van der Waals surface area (Å²) < 4.78 is 4.93. The molecule has 1 aliphatic heterocycles. The Balaban J connectivity index is 2.20. The van der Waals surface area contributed by atoms with Gasteiger partial charge < -0.3 is 15.4 Å². The molecule has 1 fully saturated rings. The van der Waals surface area contributed by atoms with Crippen LogP contribution in [0.5, 0.6) is 0 Å². The molecule has 0 bridgehead atoms. The number of hydrogen-bond acceptors (Lipinski definition) is 5. The van der Waals surface area contributed by atoms with Crippen LogP contribution in [0.3, 0.4) is 0 Å². The Labute approximate surface area is 122 Å². The van der Waals surface area contributed by atoms with Crippen LogP contribution in [0.4, 0.5) is 0 Å². The van der Waals surface area contributed by atoms with Gasteiger partial charge in [-0.3, -0.25) is 9.59 Å². The summed E-state index contributed by atoms with van der Waals surface area (Å²) in [7, 11) is 0. The van der Waals surface area contributed by atoms with Crippen molar-refractivity contribution in [1.82, 2.24) is 4.90 Å². The number of benzene rings is 1. The molecule has 1 aromatic rings. The Kier molecular flexibility index (Phi) is 5.03. The molecule has 2 atom stereocenters. The van der Waals surface area contributed by atoms with E-state index in [4.69, 9.17) is 10.5 Å². The van der Waals surface area contributed by atoms with Crippen LogP contribution in [0.25, 0.3) is 0 Å². The molecule has 0 unspecified atom stereocenters. The molecule has 20 heavy (non-hydrogen) atoms. The fourth-order valence-corrected chi connectivity index (χ4v) is 3.33. The Bertz CT molecular complexity index is 481. The number of thioether (sulfide) groups is 1. The summed E-state index contributed by atoms with van der Waals surface area (Å²) in [6.07, 6.45) is 0. The molecule has 1 aromatic carbocycles. The van der Waals surface area contributed by atoms with Gasteiger partial charge in [0.1, 0.15) is 11.9 Å². The van der Waals surface area contributed by atoms with Crippen LogP contribution in [0.2, 0.25) is 0 Å². The summed E-state index contributed by atoms with van der Waals surface area (Å²) in [4.78, 5) is 25.4. The number of nitrogens with zero attached hydrogens (tertiary/aromatic N) is 1. The average Bonchev–Trinajstić information content (AvgIpc) is 2.45. The van der Waals surface area contributed by atoms with Crippen LogP contribution in [0.1, 0.15) is 17.9 Å². The number of amides is 1. The van der Waals surface area contributed by atoms with Crippen LogP contribution >= 0.6 is 11.8 Å². The van der Waals surface area contributed by atoms with E-state index >= 15 is 0 Å². The standard InChI is InChI=1S/C14H18N2O3S/c1-2-19-12(17)8-16-13(18)11(15)9-20-14(16)10-6-4-3-5-7-10/h3-7,11,14H,2,8-9,15H2,1H3/t11-,14-/m0/s1. The normalized spacial score (nSPS) is 22.7. The Morgan fingerprint density at radius 3 is 2.80 bits per heavy atom. The van der Waals surface area contributed by atoms with Crippen molar-refractivity contribution in [1.29, 1.82) is 0 Å². The van der Waals surface area contributed by atoms with Crippen molar-refractivity contribution in [3.8, 4) is 0 Å². The van der Waals surface area contributed by atoms with Crippen molar-refractivity contribution >= 4 is 23.6 Å². The van der Waals surface area contributed by atoms with Crippen LogP contribution < -0.4 is 5.73 Å². The van der Waals surface area contributed by atoms with Gasteiger partial charge in [-0.15, -0.1) is 11.8 Å². The Morgan fingerprint density at radius 1 is 1.45 bits per heavy atom. The first-order chi connectivity index (χ1) is 9.63. The summed E-state index contributed by atoms with van der Waals surface area (Å²) in [5.74, 6) is -0.0558. The van der Waals surface area contributed by atoms with Crippen molar-refractivity contribution in [3.63, 3.8) is 0 Å². The van der Waals surface area contributed by atoms with E-state index in [2.05, 4.69) is 0 Å². The second-order valence-electron chi connectivity index (χ2n) is 4.47. The van der Waals surface area contributed by atoms with Gasteiger partial charge in [0, 0.05) is 5.75 Å². The zero-order chi connectivity index (χ0) is 14.5. The third-order valence-corrected chi connectivity index (χ3v) is 4.40. The first-order valence-corrected chi connectivity index (χ1v) is 7.56. The van der Waals surface area contributed by atoms with Crippen LogP contribution in [0, 0.1) is 0 Å². The van der Waals surface area contributed by atoms with Crippen LogP contribution in [-0.4, -0.2) is 41.7 Å². The fraction of sp³-hybridized carbons (Fsp3) is 0.429. The van der Waals surface area contributed by atoms with E-state index in [9.17, 15) is 9.59 Å². The molecule has 0 saturated carbocycles. The van der Waals surface area contributed by atoms with Crippen LogP contribution in [-0.2, 0) is 14.3 Å². The fourth-order valence-electron chi connectivity index (χ4n) is 2.09. The largest absolute Gasteiger partial charge is 0.465 e. The molecule has 1 amide bonds. The molecule has 1 saturated heterocycles. The predicted octanol–water partition coefficient (Wildman–Crippen LogP) is 1.15. The quantitative estimate of drug-likeness (QED) is 0.843. The summed E-state index contributed by atoms with van der Waals surface area (Å²) >= 11 is 1.57. The van der Waals surface area contributed by atoms with E-state index in [1.165, 1.54) is 4.90 Å². The zero-order valence-corrected chi connectivity index (χ0v) is 12.1. The maximum Gasteiger partial charge on any atom is 0.325 e. The third-order valence-electron chi connectivity index (χ3n) is 3.01. The lowest BCUT2D eigenvalue weighted by atomic mass is 10.2. The number of rotatable bonds is 4. The molecule has 0 spiro atoms. The SMILES string of the molecule is CCOC(=O)CN1C(=O)[C@@H](N)CS[C@H]1c1ccccc1. The molecule has 0 aromatic heterocycles. The first-order valence-electron chi connectivity index (χ1n) is 6.51. The molecule has 108 valence electrons. The number of esters is 1. The minimum Gasteiger partial charge on any atom is -0.465 e. The lowest BCUT2D eigenvalue weighted by molar-refractivity contribution is -0.150. The highest BCUT2D eigenvalue weighted by Crippen LogP contribution is 2.36. The Hall–Kier alpha value is -1.53. The topological polar surface area (TPSA) is 72.6 Å². The number of ether oxygens (including phenoxy) is 1. The zero-order valence-electron chi connectivity index (χ0n) is 11.3. The van der Waals surface area contributed by atoms with E-state index in [1.54, 1.807) is 18.7 Å². The summed E-state index contributed by atoms with van der Waals surface area (Å²) in [6.45, 7) is 1.98. The highest BCUT2D eigenvalue weighted by Gasteiger charge is 2.36. The molecule has 1 aliphatic rings. The van der Waals surface area contributed by atoms with Crippen molar-refractivity contribution in [2.75, 3.05) is 18.9 Å². The molecule has 5 nitrogen and oxygen atoms in total. The average molecular weight is 294 g/mol. The molecular formula is C14H18N2O3S. The molecule has 2 N–H and O–H groups in total. The van der Waals surface area contributed by atoms with Crippen molar-refractivity contribution in [2.45, 2.75) is 18.3 Å². The number of carbonyl (C=O) groups excluding carboxylic acids is 2. The lowest BCUT2D eigenvalue weighted by Gasteiger charge is -2.37. The second-order valence-corrected chi connectivity index (χ2v) is 5.59. The van der Waals surface area contributed by atoms with Gasteiger partial charge in [0.25, 0.3) is 0 Å². The number of nitrogens with two attached hydrogens (primary N) is 1. The third kappa shape index (κ3) is 3.32. The van der Waals surface area contributed by atoms with Crippen molar-refractivity contribution < 1.29 is 14.3 Å². The van der Waals surface area contributed by atoms with E-state index in [0.29, 0.717) is 12.4 Å². The first kappa shape index (κ1) is 14.9. The van der Waals surface area contributed by atoms with Gasteiger partial charge >= 0.3 is 5.97 Å². The Morgan fingerprint density at radius 2 is 2.15 bits per heavy atom. The van der Waals surface area contributed by atoms with Gasteiger partial charge in [0.15, 0.2) is 0 Å². The van der Waals surface area contributed by atoms with Crippen LogP contribution in [0.15, 0.2) is 30.3 Å². The molecule has 2 rings (SSSR count). The summed E-state index contributed by atoms with van der Waals surface area (Å²) in [6, 6.07) is 9.07. The van der Waals surface area contributed by atoms with Crippen molar-refractivity contribution in [2.24, 2.45) is 5.73 Å². The highest BCUT2D eigenvalue weighted by molar-refractivity contribution is 7.99. The molecule has 0 radical (unpaired) electrons. The van der Waals surface area contributed by atoms with Gasteiger partial charge in [-0.05, 0) is 12.5 Å². The maximum absolute atomic E-state index is 12.2. The van der Waals surface area contributed by atoms with E-state index < -0.39 is 12.0 Å². The van der Waals surface area contributed by atoms with Gasteiger partial charge in [-0.1, -0.05) is 30.3 Å². The summed E-state index contributed by atoms with van der Waals surface area (Å²) in [5.41, 5.74) is 6.78.